The van der Waals surface area contributed by atoms with Gasteiger partial charge in [-0.15, -0.1) is 0 Å². The van der Waals surface area contributed by atoms with Crippen molar-refractivity contribution in [1.29, 1.82) is 0 Å². The van der Waals surface area contributed by atoms with E-state index in [1.54, 1.807) is 0 Å². The van der Waals surface area contributed by atoms with E-state index < -0.39 is 17.5 Å². The topological polar surface area (TPSA) is 67.2 Å². The molecule has 5 nitrogen and oxygen atoms in total. The van der Waals surface area contributed by atoms with Gasteiger partial charge < -0.3 is 10.4 Å². The molecule has 27 heavy (non-hydrogen) atoms. The smallest absolute Gasteiger partial charge is 0.388 e. The fourth-order valence-corrected chi connectivity index (χ4v) is 3.29. The van der Waals surface area contributed by atoms with E-state index in [9.17, 15) is 23.1 Å². The molecule has 1 saturated carbocycles. The first-order chi connectivity index (χ1) is 12.8. The first-order valence-electron chi connectivity index (χ1n) is 9.01. The first-order valence-corrected chi connectivity index (χ1v) is 9.01. The lowest BCUT2D eigenvalue weighted by atomic mass is 9.94. The lowest BCUT2D eigenvalue weighted by Crippen LogP contribution is -2.42. The zero-order chi connectivity index (χ0) is 19.5. The van der Waals surface area contributed by atoms with Crippen molar-refractivity contribution in [3.63, 3.8) is 0 Å². The van der Waals surface area contributed by atoms with Gasteiger partial charge in [0.15, 0.2) is 5.69 Å². The summed E-state index contributed by atoms with van der Waals surface area (Å²) < 4.78 is 39.0. The molecule has 1 amide bonds. The molecule has 3 rings (SSSR count). The van der Waals surface area contributed by atoms with Crippen LogP contribution in [0.25, 0.3) is 5.69 Å². The lowest BCUT2D eigenvalue weighted by Gasteiger charge is -2.26. The standard InChI is InChI=1S/C19H22F3N3O2/c20-19(21,22)16-9-12-25(24-16)15-7-5-14(6-8-15)17(26)23-13-18(27)10-3-1-2-4-11-18/h5-9,12,27H,1-4,10-11,13H2,(H,23,26). The summed E-state index contributed by atoms with van der Waals surface area (Å²) in [5.41, 5.74) is -1.04. The molecule has 0 bridgehead atoms. The van der Waals surface area contributed by atoms with Crippen LogP contribution in [-0.2, 0) is 6.18 Å². The number of carbonyl (C=O) groups is 1. The molecule has 1 aliphatic carbocycles. The molecule has 0 atom stereocenters. The molecule has 1 heterocycles. The highest BCUT2D eigenvalue weighted by molar-refractivity contribution is 5.94. The van der Waals surface area contributed by atoms with Crippen molar-refractivity contribution in [3.05, 3.63) is 47.8 Å². The third-order valence-corrected chi connectivity index (χ3v) is 4.89. The van der Waals surface area contributed by atoms with Gasteiger partial charge in [0.05, 0.1) is 11.3 Å². The van der Waals surface area contributed by atoms with Gasteiger partial charge in [0, 0.05) is 18.3 Å². The van der Waals surface area contributed by atoms with E-state index >= 15 is 0 Å². The fraction of sp³-hybridized carbons (Fsp3) is 0.474. The van der Waals surface area contributed by atoms with Crippen LogP contribution in [0, 0.1) is 0 Å². The summed E-state index contributed by atoms with van der Waals surface area (Å²) in [5.74, 6) is -0.323. The zero-order valence-corrected chi connectivity index (χ0v) is 14.8. The minimum Gasteiger partial charge on any atom is -0.388 e. The molecular weight excluding hydrogens is 359 g/mol. The van der Waals surface area contributed by atoms with Crippen LogP contribution in [0.5, 0.6) is 0 Å². The lowest BCUT2D eigenvalue weighted by molar-refractivity contribution is -0.141. The van der Waals surface area contributed by atoms with Crippen molar-refractivity contribution < 1.29 is 23.1 Å². The monoisotopic (exact) mass is 381 g/mol. The summed E-state index contributed by atoms with van der Waals surface area (Å²) in [6.07, 6.45) is 2.17. The number of rotatable bonds is 4. The number of amides is 1. The Balaban J connectivity index is 1.62. The Morgan fingerprint density at radius 1 is 1.11 bits per heavy atom. The minimum atomic E-state index is -4.50. The maximum atomic E-state index is 12.6. The summed E-state index contributed by atoms with van der Waals surface area (Å²) in [5, 5.41) is 16.8. The predicted octanol–water partition coefficient (Wildman–Crippen LogP) is 3.71. The van der Waals surface area contributed by atoms with Crippen LogP contribution >= 0.6 is 0 Å². The predicted molar refractivity (Wildman–Crippen MR) is 93.6 cm³/mol. The summed E-state index contributed by atoms with van der Waals surface area (Å²) in [6.45, 7) is 0.196. The number of aromatic nitrogens is 2. The van der Waals surface area contributed by atoms with Gasteiger partial charge in [-0.1, -0.05) is 25.7 Å². The molecule has 1 aromatic carbocycles. The quantitative estimate of drug-likeness (QED) is 0.794. The minimum absolute atomic E-state index is 0.196. The maximum Gasteiger partial charge on any atom is 0.435 e. The summed E-state index contributed by atoms with van der Waals surface area (Å²) in [7, 11) is 0. The van der Waals surface area contributed by atoms with Crippen LogP contribution < -0.4 is 5.32 Å². The molecule has 1 aliphatic rings. The van der Waals surface area contributed by atoms with E-state index in [4.69, 9.17) is 0 Å². The molecule has 0 unspecified atom stereocenters. The highest BCUT2D eigenvalue weighted by Gasteiger charge is 2.33. The second-order valence-corrected chi connectivity index (χ2v) is 7.01. The van der Waals surface area contributed by atoms with Gasteiger partial charge in [-0.3, -0.25) is 4.79 Å². The van der Waals surface area contributed by atoms with Crippen LogP contribution in [-0.4, -0.2) is 32.9 Å². The van der Waals surface area contributed by atoms with Crippen LogP contribution in [0.1, 0.15) is 54.6 Å². The molecular formula is C19H22F3N3O2. The molecule has 146 valence electrons. The normalized spacial score (nSPS) is 17.3. The highest BCUT2D eigenvalue weighted by atomic mass is 19.4. The molecule has 0 saturated heterocycles. The van der Waals surface area contributed by atoms with Crippen LogP contribution in [0.2, 0.25) is 0 Å². The number of aliphatic hydroxyl groups is 1. The number of nitrogens with zero attached hydrogens (tertiary/aromatic N) is 2. The maximum absolute atomic E-state index is 12.6. The van der Waals surface area contributed by atoms with E-state index in [2.05, 4.69) is 10.4 Å². The highest BCUT2D eigenvalue weighted by Crippen LogP contribution is 2.28. The summed E-state index contributed by atoms with van der Waals surface area (Å²) >= 11 is 0. The number of alkyl halides is 3. The number of hydrogen-bond donors (Lipinski definition) is 2. The first kappa shape index (κ1) is 19.4. The second-order valence-electron chi connectivity index (χ2n) is 7.01. The van der Waals surface area contributed by atoms with E-state index in [1.165, 1.54) is 30.5 Å². The zero-order valence-electron chi connectivity index (χ0n) is 14.8. The third-order valence-electron chi connectivity index (χ3n) is 4.89. The molecule has 1 fully saturated rings. The Bertz CT molecular complexity index is 776. The Hall–Kier alpha value is -2.35. The van der Waals surface area contributed by atoms with Crippen LogP contribution in [0.3, 0.4) is 0 Å². The van der Waals surface area contributed by atoms with Crippen molar-refractivity contribution in [2.75, 3.05) is 6.54 Å². The van der Waals surface area contributed by atoms with Crippen molar-refractivity contribution in [2.45, 2.75) is 50.3 Å². The summed E-state index contributed by atoms with van der Waals surface area (Å²) in [4.78, 5) is 12.3. The average Bonchev–Trinajstić information content (AvgIpc) is 3.04. The Morgan fingerprint density at radius 3 is 2.30 bits per heavy atom. The van der Waals surface area contributed by atoms with Crippen LogP contribution in [0.4, 0.5) is 13.2 Å². The van der Waals surface area contributed by atoms with Gasteiger partial charge in [-0.2, -0.15) is 18.3 Å². The SMILES string of the molecule is O=C(NCC1(O)CCCCCC1)c1ccc(-n2ccc(C(F)(F)F)n2)cc1. The van der Waals surface area contributed by atoms with Gasteiger partial charge in [0.2, 0.25) is 0 Å². The van der Waals surface area contributed by atoms with Crippen molar-refractivity contribution in [2.24, 2.45) is 0 Å². The average molecular weight is 381 g/mol. The molecule has 8 heteroatoms. The van der Waals surface area contributed by atoms with Crippen molar-refractivity contribution in [3.8, 4) is 5.69 Å². The molecule has 2 N–H and O–H groups in total. The number of hydrogen-bond acceptors (Lipinski definition) is 3. The second kappa shape index (κ2) is 7.72. The van der Waals surface area contributed by atoms with Crippen molar-refractivity contribution in [1.82, 2.24) is 15.1 Å². The largest absolute Gasteiger partial charge is 0.435 e. The van der Waals surface area contributed by atoms with Gasteiger partial charge in [-0.05, 0) is 43.2 Å². The Morgan fingerprint density at radius 2 is 1.74 bits per heavy atom. The number of halogens is 3. The molecule has 2 aromatic rings. The Kier molecular flexibility index (Phi) is 5.55. The fourth-order valence-electron chi connectivity index (χ4n) is 3.29. The Labute approximate surface area is 155 Å². The molecule has 0 spiro atoms. The van der Waals surface area contributed by atoms with Crippen LogP contribution in [0.15, 0.2) is 36.5 Å². The van der Waals surface area contributed by atoms with Gasteiger partial charge in [0.25, 0.3) is 5.91 Å². The molecule has 1 aromatic heterocycles. The van der Waals surface area contributed by atoms with E-state index in [1.807, 2.05) is 0 Å². The number of nitrogens with one attached hydrogen (secondary N) is 1. The summed E-state index contributed by atoms with van der Waals surface area (Å²) in [6, 6.07) is 7.01. The van der Waals surface area contributed by atoms with Gasteiger partial charge in [-0.25, -0.2) is 4.68 Å². The third kappa shape index (κ3) is 4.88. The van der Waals surface area contributed by atoms with E-state index in [0.29, 0.717) is 24.1 Å². The number of carbonyl (C=O) groups excluding carboxylic acids is 1. The van der Waals surface area contributed by atoms with E-state index in [0.717, 1.165) is 36.4 Å². The van der Waals surface area contributed by atoms with Gasteiger partial charge >= 0.3 is 6.18 Å². The number of benzene rings is 1. The molecule has 0 radical (unpaired) electrons. The molecule has 0 aliphatic heterocycles. The van der Waals surface area contributed by atoms with Gasteiger partial charge in [0.1, 0.15) is 0 Å². The van der Waals surface area contributed by atoms with E-state index in [-0.39, 0.29) is 12.5 Å². The van der Waals surface area contributed by atoms with Crippen molar-refractivity contribution >= 4 is 5.91 Å².